The molecule has 0 amide bonds. The van der Waals surface area contributed by atoms with Gasteiger partial charge in [-0.3, -0.25) is 0 Å². The van der Waals surface area contributed by atoms with Crippen molar-refractivity contribution >= 4 is 16.7 Å². The van der Waals surface area contributed by atoms with E-state index in [2.05, 4.69) is 14.9 Å². The van der Waals surface area contributed by atoms with Gasteiger partial charge in [0.05, 0.1) is 17.0 Å². The molecule has 3 heterocycles. The molecule has 0 radical (unpaired) electrons. The molecule has 21 heavy (non-hydrogen) atoms. The first-order valence-electron chi connectivity index (χ1n) is 7.59. The lowest BCUT2D eigenvalue weighted by atomic mass is 9.83. The Bertz CT molecular complexity index is 658. The van der Waals surface area contributed by atoms with Crippen LogP contribution in [0.3, 0.4) is 0 Å². The number of anilines is 1. The number of benzene rings is 1. The van der Waals surface area contributed by atoms with Crippen LogP contribution in [-0.2, 0) is 0 Å². The first-order valence-corrected chi connectivity index (χ1v) is 7.59. The largest absolute Gasteiger partial charge is 0.393 e. The van der Waals surface area contributed by atoms with Crippen molar-refractivity contribution in [2.24, 2.45) is 0 Å². The van der Waals surface area contributed by atoms with E-state index in [4.69, 9.17) is 0 Å². The third kappa shape index (κ3) is 2.07. The number of aliphatic hydroxyl groups is 1. The lowest BCUT2D eigenvalue weighted by molar-refractivity contribution is 0.0925. The smallest absolute Gasteiger partial charge is 0.143 e. The summed E-state index contributed by atoms with van der Waals surface area (Å²) < 4.78 is 14.3. The van der Waals surface area contributed by atoms with Crippen molar-refractivity contribution < 1.29 is 9.50 Å². The predicted molar refractivity (Wildman–Crippen MR) is 78.6 cm³/mol. The van der Waals surface area contributed by atoms with E-state index in [0.717, 1.165) is 25.7 Å². The van der Waals surface area contributed by atoms with Crippen molar-refractivity contribution in [1.29, 1.82) is 0 Å². The maximum absolute atomic E-state index is 14.3. The summed E-state index contributed by atoms with van der Waals surface area (Å²) in [6.45, 7) is 0. The van der Waals surface area contributed by atoms with Gasteiger partial charge in [0.15, 0.2) is 0 Å². The summed E-state index contributed by atoms with van der Waals surface area (Å²) in [5.41, 5.74) is 0.643. The van der Waals surface area contributed by atoms with Crippen LogP contribution < -0.4 is 4.90 Å². The molecule has 0 saturated carbocycles. The van der Waals surface area contributed by atoms with Crippen LogP contribution in [0.15, 0.2) is 24.5 Å². The summed E-state index contributed by atoms with van der Waals surface area (Å²) in [6, 6.07) is 5.47. The number of aliphatic hydroxyl groups excluding tert-OH is 1. The summed E-state index contributed by atoms with van der Waals surface area (Å²) in [5.74, 6) is 0.423. The maximum atomic E-state index is 14.3. The Hall–Kier alpha value is -1.75. The minimum Gasteiger partial charge on any atom is -0.393 e. The number of nitrogens with zero attached hydrogens (tertiary/aromatic N) is 3. The Morgan fingerprint density at radius 3 is 2.67 bits per heavy atom. The van der Waals surface area contributed by atoms with Crippen molar-refractivity contribution in [2.75, 3.05) is 4.90 Å². The summed E-state index contributed by atoms with van der Waals surface area (Å²) in [4.78, 5) is 10.8. The van der Waals surface area contributed by atoms with Gasteiger partial charge in [0.1, 0.15) is 18.0 Å². The topological polar surface area (TPSA) is 49.2 Å². The molecule has 2 fully saturated rings. The molecule has 4 nitrogen and oxygen atoms in total. The highest BCUT2D eigenvalue weighted by molar-refractivity contribution is 5.90. The molecule has 1 aromatic carbocycles. The third-order valence-corrected chi connectivity index (χ3v) is 4.79. The van der Waals surface area contributed by atoms with Crippen LogP contribution in [0.4, 0.5) is 10.2 Å². The fraction of sp³-hybridized carbons (Fsp3) is 0.500. The van der Waals surface area contributed by atoms with Gasteiger partial charge in [0.25, 0.3) is 0 Å². The Balaban J connectivity index is 1.86. The van der Waals surface area contributed by atoms with Gasteiger partial charge < -0.3 is 10.0 Å². The molecule has 2 aliphatic heterocycles. The van der Waals surface area contributed by atoms with E-state index >= 15 is 0 Å². The van der Waals surface area contributed by atoms with Crippen LogP contribution in [-0.4, -0.2) is 33.3 Å². The molecule has 1 aromatic heterocycles. The molecular formula is C16H18FN3O. The van der Waals surface area contributed by atoms with Gasteiger partial charge in [-0.2, -0.15) is 0 Å². The van der Waals surface area contributed by atoms with Gasteiger partial charge in [0.2, 0.25) is 0 Å². The average Bonchev–Trinajstić information content (AvgIpc) is 2.46. The second-order valence-electron chi connectivity index (χ2n) is 6.10. The SMILES string of the molecule is OC1C[C@H]2CCC[C@@H](C1)N2c1ncnc2cccc(F)c12. The van der Waals surface area contributed by atoms with Gasteiger partial charge in [-0.05, 0) is 44.2 Å². The molecule has 0 aliphatic carbocycles. The van der Waals surface area contributed by atoms with Gasteiger partial charge in [0, 0.05) is 12.1 Å². The quantitative estimate of drug-likeness (QED) is 0.876. The lowest BCUT2D eigenvalue weighted by Gasteiger charge is -2.48. The van der Waals surface area contributed by atoms with Crippen molar-refractivity contribution in [3.05, 3.63) is 30.3 Å². The molecule has 1 unspecified atom stereocenters. The summed E-state index contributed by atoms with van der Waals surface area (Å²) in [5, 5.41) is 10.5. The normalized spacial score (nSPS) is 28.9. The highest BCUT2D eigenvalue weighted by Crippen LogP contribution is 2.39. The van der Waals surface area contributed by atoms with E-state index in [1.807, 2.05) is 6.07 Å². The standard InChI is InChI=1S/C16H18FN3O/c17-13-5-2-6-14-15(13)16(19-9-18-14)20-10-3-1-4-11(20)8-12(21)7-10/h2,5-6,9-12,21H,1,3-4,7-8H2/t10-,11+,12?. The van der Waals surface area contributed by atoms with Crippen molar-refractivity contribution in [2.45, 2.75) is 50.3 Å². The van der Waals surface area contributed by atoms with Crippen LogP contribution in [0.1, 0.15) is 32.1 Å². The van der Waals surface area contributed by atoms with Gasteiger partial charge >= 0.3 is 0 Å². The van der Waals surface area contributed by atoms with Crippen LogP contribution >= 0.6 is 0 Å². The number of aromatic nitrogens is 2. The molecule has 0 spiro atoms. The second kappa shape index (κ2) is 4.91. The highest BCUT2D eigenvalue weighted by atomic mass is 19.1. The number of rotatable bonds is 1. The van der Waals surface area contributed by atoms with E-state index in [-0.39, 0.29) is 24.0 Å². The van der Waals surface area contributed by atoms with Gasteiger partial charge in [-0.25, -0.2) is 14.4 Å². The summed E-state index contributed by atoms with van der Waals surface area (Å²) in [6.07, 6.45) is 6.00. The van der Waals surface area contributed by atoms with Crippen LogP contribution in [0.25, 0.3) is 10.9 Å². The maximum Gasteiger partial charge on any atom is 0.143 e. The highest BCUT2D eigenvalue weighted by Gasteiger charge is 2.39. The minimum absolute atomic E-state index is 0.241. The molecule has 3 atom stereocenters. The molecule has 2 aromatic rings. The van der Waals surface area contributed by atoms with E-state index < -0.39 is 0 Å². The second-order valence-corrected chi connectivity index (χ2v) is 6.10. The molecule has 2 bridgehead atoms. The Kier molecular flexibility index (Phi) is 3.03. The zero-order chi connectivity index (χ0) is 14.4. The number of halogens is 1. The molecule has 2 saturated heterocycles. The zero-order valence-corrected chi connectivity index (χ0v) is 11.7. The summed E-state index contributed by atoms with van der Waals surface area (Å²) in [7, 11) is 0. The molecule has 4 rings (SSSR count). The average molecular weight is 287 g/mol. The molecule has 1 N–H and O–H groups in total. The Morgan fingerprint density at radius 1 is 1.14 bits per heavy atom. The molecule has 110 valence electrons. The van der Waals surface area contributed by atoms with Crippen LogP contribution in [0, 0.1) is 5.82 Å². The minimum atomic E-state index is -0.271. The number of hydrogen-bond donors (Lipinski definition) is 1. The monoisotopic (exact) mass is 287 g/mol. The predicted octanol–water partition coefficient (Wildman–Crippen LogP) is 2.65. The van der Waals surface area contributed by atoms with E-state index in [0.29, 0.717) is 16.7 Å². The number of piperidine rings is 2. The van der Waals surface area contributed by atoms with E-state index in [1.165, 1.54) is 18.8 Å². The van der Waals surface area contributed by atoms with Gasteiger partial charge in [-0.1, -0.05) is 6.07 Å². The van der Waals surface area contributed by atoms with Crippen molar-refractivity contribution in [3.8, 4) is 0 Å². The van der Waals surface area contributed by atoms with E-state index in [9.17, 15) is 9.50 Å². The molecular weight excluding hydrogens is 269 g/mol. The first kappa shape index (κ1) is 13.0. The van der Waals surface area contributed by atoms with Gasteiger partial charge in [-0.15, -0.1) is 0 Å². The van der Waals surface area contributed by atoms with Crippen LogP contribution in [0.2, 0.25) is 0 Å². The Labute approximate surface area is 122 Å². The molecule has 2 aliphatic rings. The van der Waals surface area contributed by atoms with E-state index in [1.54, 1.807) is 6.07 Å². The third-order valence-electron chi connectivity index (χ3n) is 4.79. The fourth-order valence-electron chi connectivity index (χ4n) is 3.95. The first-order chi connectivity index (χ1) is 10.2. The number of hydrogen-bond acceptors (Lipinski definition) is 4. The van der Waals surface area contributed by atoms with Crippen molar-refractivity contribution in [1.82, 2.24) is 9.97 Å². The number of fused-ring (bicyclic) bond motifs is 3. The van der Waals surface area contributed by atoms with Crippen molar-refractivity contribution in [3.63, 3.8) is 0 Å². The Morgan fingerprint density at radius 2 is 1.90 bits per heavy atom. The summed E-state index contributed by atoms with van der Waals surface area (Å²) >= 11 is 0. The fourth-order valence-corrected chi connectivity index (χ4v) is 3.95. The lowest BCUT2D eigenvalue weighted by Crippen LogP contribution is -2.54. The van der Waals surface area contributed by atoms with Crippen LogP contribution in [0.5, 0.6) is 0 Å². The zero-order valence-electron chi connectivity index (χ0n) is 11.7. The molecule has 5 heteroatoms.